The highest BCUT2D eigenvalue weighted by atomic mass is 79.9. The van der Waals surface area contributed by atoms with Crippen molar-refractivity contribution in [2.75, 3.05) is 7.11 Å². The van der Waals surface area contributed by atoms with E-state index in [9.17, 15) is 0 Å². The van der Waals surface area contributed by atoms with Crippen LogP contribution in [0, 0.1) is 5.92 Å². The third-order valence-corrected chi connectivity index (χ3v) is 4.55. The zero-order chi connectivity index (χ0) is 11.4. The van der Waals surface area contributed by atoms with Gasteiger partial charge < -0.3 is 4.74 Å². The van der Waals surface area contributed by atoms with Gasteiger partial charge in [0.1, 0.15) is 5.75 Å². The molecule has 1 unspecified atom stereocenters. The Balaban J connectivity index is 1.96. The van der Waals surface area contributed by atoms with Crippen molar-refractivity contribution >= 4 is 15.9 Å². The summed E-state index contributed by atoms with van der Waals surface area (Å²) in [6, 6.07) is 8.40. The van der Waals surface area contributed by atoms with Gasteiger partial charge in [-0.2, -0.15) is 0 Å². The largest absolute Gasteiger partial charge is 0.497 e. The van der Waals surface area contributed by atoms with E-state index in [1.807, 2.05) is 6.07 Å². The average Bonchev–Trinajstić information content (AvgIpc) is 2.83. The molecule has 0 bridgehead atoms. The molecule has 1 fully saturated rings. The Morgan fingerprint density at radius 2 is 2.12 bits per heavy atom. The Hall–Kier alpha value is -0.500. The standard InChI is InChI=1S/C14H19BrO/c1-16-13-8-4-5-11(9-13)10-14(15)12-6-2-3-7-12/h4-5,8-9,12,14H,2-3,6-7,10H2,1H3. The number of ether oxygens (including phenoxy) is 1. The molecule has 88 valence electrons. The first-order chi connectivity index (χ1) is 7.79. The van der Waals surface area contributed by atoms with Gasteiger partial charge in [0.05, 0.1) is 7.11 Å². The second-order valence-electron chi connectivity index (χ2n) is 4.62. The fourth-order valence-electron chi connectivity index (χ4n) is 2.51. The van der Waals surface area contributed by atoms with Gasteiger partial charge in [-0.3, -0.25) is 0 Å². The van der Waals surface area contributed by atoms with E-state index in [0.717, 1.165) is 18.1 Å². The van der Waals surface area contributed by atoms with Crippen LogP contribution < -0.4 is 4.74 Å². The van der Waals surface area contributed by atoms with Crippen molar-refractivity contribution in [3.63, 3.8) is 0 Å². The lowest BCUT2D eigenvalue weighted by molar-refractivity contribution is 0.414. The van der Waals surface area contributed by atoms with Crippen molar-refractivity contribution in [3.8, 4) is 5.75 Å². The molecule has 16 heavy (non-hydrogen) atoms. The van der Waals surface area contributed by atoms with Crippen molar-refractivity contribution in [2.24, 2.45) is 5.92 Å². The summed E-state index contributed by atoms with van der Waals surface area (Å²) in [5, 5.41) is 0. The van der Waals surface area contributed by atoms with Gasteiger partial charge in [-0.1, -0.05) is 40.9 Å². The van der Waals surface area contributed by atoms with E-state index in [1.165, 1.54) is 31.2 Å². The highest BCUT2D eigenvalue weighted by Crippen LogP contribution is 2.33. The Kier molecular flexibility index (Phi) is 4.28. The summed E-state index contributed by atoms with van der Waals surface area (Å²) in [5.74, 6) is 1.83. The third kappa shape index (κ3) is 3.00. The van der Waals surface area contributed by atoms with Crippen LogP contribution in [-0.2, 0) is 6.42 Å². The molecule has 1 nitrogen and oxygen atoms in total. The third-order valence-electron chi connectivity index (χ3n) is 3.48. The van der Waals surface area contributed by atoms with Crippen molar-refractivity contribution < 1.29 is 4.74 Å². The number of benzene rings is 1. The second-order valence-corrected chi connectivity index (χ2v) is 5.79. The first-order valence-corrected chi connectivity index (χ1v) is 6.98. The van der Waals surface area contributed by atoms with Crippen LogP contribution in [0.2, 0.25) is 0 Å². The number of methoxy groups -OCH3 is 1. The molecule has 0 aromatic heterocycles. The quantitative estimate of drug-likeness (QED) is 0.753. The maximum Gasteiger partial charge on any atom is 0.119 e. The highest BCUT2D eigenvalue weighted by molar-refractivity contribution is 9.09. The molecule has 0 N–H and O–H groups in total. The summed E-state index contributed by atoms with van der Waals surface area (Å²) in [5.41, 5.74) is 1.37. The second kappa shape index (κ2) is 5.72. The van der Waals surface area contributed by atoms with Gasteiger partial charge in [0.25, 0.3) is 0 Å². The molecule has 1 aromatic rings. The molecule has 0 saturated heterocycles. The Bertz CT molecular complexity index is 331. The Morgan fingerprint density at radius 1 is 1.38 bits per heavy atom. The van der Waals surface area contributed by atoms with Gasteiger partial charge >= 0.3 is 0 Å². The minimum Gasteiger partial charge on any atom is -0.497 e. The zero-order valence-electron chi connectivity index (χ0n) is 9.79. The molecular formula is C14H19BrO. The normalized spacial score (nSPS) is 18.6. The lowest BCUT2D eigenvalue weighted by Crippen LogP contribution is -2.13. The average molecular weight is 283 g/mol. The molecule has 2 heteroatoms. The summed E-state index contributed by atoms with van der Waals surface area (Å²) in [6.45, 7) is 0. The molecule has 0 spiro atoms. The molecule has 1 aliphatic carbocycles. The maximum atomic E-state index is 5.25. The maximum absolute atomic E-state index is 5.25. The molecular weight excluding hydrogens is 264 g/mol. The van der Waals surface area contributed by atoms with E-state index in [1.54, 1.807) is 7.11 Å². The molecule has 1 saturated carbocycles. The van der Waals surface area contributed by atoms with Crippen LogP contribution in [0.5, 0.6) is 5.75 Å². The first kappa shape index (κ1) is 12.0. The van der Waals surface area contributed by atoms with Crippen LogP contribution in [-0.4, -0.2) is 11.9 Å². The molecule has 1 aliphatic rings. The molecule has 0 aliphatic heterocycles. The van der Waals surface area contributed by atoms with E-state index < -0.39 is 0 Å². The lowest BCUT2D eigenvalue weighted by Gasteiger charge is -2.17. The SMILES string of the molecule is COc1cccc(CC(Br)C2CCCC2)c1. The molecule has 0 amide bonds. The van der Waals surface area contributed by atoms with Gasteiger partial charge in [-0.15, -0.1) is 0 Å². The topological polar surface area (TPSA) is 9.23 Å². The predicted molar refractivity (Wildman–Crippen MR) is 71.4 cm³/mol. The van der Waals surface area contributed by atoms with Crippen LogP contribution in [0.25, 0.3) is 0 Å². The van der Waals surface area contributed by atoms with Gasteiger partial charge in [0, 0.05) is 4.83 Å². The van der Waals surface area contributed by atoms with Crippen molar-refractivity contribution in [3.05, 3.63) is 29.8 Å². The van der Waals surface area contributed by atoms with E-state index in [2.05, 4.69) is 34.1 Å². The summed E-state index contributed by atoms with van der Waals surface area (Å²) >= 11 is 3.85. The molecule has 0 radical (unpaired) electrons. The van der Waals surface area contributed by atoms with Crippen LogP contribution in [0.1, 0.15) is 31.2 Å². The van der Waals surface area contributed by atoms with Gasteiger partial charge in [0.15, 0.2) is 0 Å². The minimum atomic E-state index is 0.627. The predicted octanol–water partition coefficient (Wildman–Crippen LogP) is 4.19. The van der Waals surface area contributed by atoms with Crippen molar-refractivity contribution in [1.29, 1.82) is 0 Å². The van der Waals surface area contributed by atoms with E-state index in [-0.39, 0.29) is 0 Å². The number of halogens is 1. The first-order valence-electron chi connectivity index (χ1n) is 6.06. The van der Waals surface area contributed by atoms with Crippen molar-refractivity contribution in [2.45, 2.75) is 36.9 Å². The number of hydrogen-bond donors (Lipinski definition) is 0. The summed E-state index contributed by atoms with van der Waals surface area (Å²) in [6.07, 6.45) is 6.71. The minimum absolute atomic E-state index is 0.627. The van der Waals surface area contributed by atoms with Crippen LogP contribution in [0.4, 0.5) is 0 Å². The summed E-state index contributed by atoms with van der Waals surface area (Å²) in [7, 11) is 1.72. The van der Waals surface area contributed by atoms with Gasteiger partial charge in [-0.05, 0) is 42.9 Å². The summed E-state index contributed by atoms with van der Waals surface area (Å²) in [4.78, 5) is 0.627. The fourth-order valence-corrected chi connectivity index (χ4v) is 3.41. The van der Waals surface area contributed by atoms with E-state index >= 15 is 0 Å². The molecule has 1 aromatic carbocycles. The molecule has 2 rings (SSSR count). The zero-order valence-corrected chi connectivity index (χ0v) is 11.4. The highest BCUT2D eigenvalue weighted by Gasteiger charge is 2.22. The number of hydrogen-bond acceptors (Lipinski definition) is 1. The number of alkyl halides is 1. The summed E-state index contributed by atoms with van der Waals surface area (Å²) < 4.78 is 5.25. The smallest absolute Gasteiger partial charge is 0.119 e. The van der Waals surface area contributed by atoms with Crippen LogP contribution in [0.3, 0.4) is 0 Å². The lowest BCUT2D eigenvalue weighted by atomic mass is 9.98. The van der Waals surface area contributed by atoms with Crippen LogP contribution >= 0.6 is 15.9 Å². The monoisotopic (exact) mass is 282 g/mol. The molecule has 1 atom stereocenters. The van der Waals surface area contributed by atoms with Crippen LogP contribution in [0.15, 0.2) is 24.3 Å². The molecule has 0 heterocycles. The Labute approximate surface area is 106 Å². The van der Waals surface area contributed by atoms with E-state index in [0.29, 0.717) is 4.83 Å². The van der Waals surface area contributed by atoms with E-state index in [4.69, 9.17) is 4.74 Å². The Morgan fingerprint density at radius 3 is 2.81 bits per heavy atom. The van der Waals surface area contributed by atoms with Gasteiger partial charge in [-0.25, -0.2) is 0 Å². The number of rotatable bonds is 4. The fraction of sp³-hybridized carbons (Fsp3) is 0.571. The van der Waals surface area contributed by atoms with Gasteiger partial charge in [0.2, 0.25) is 0 Å². The van der Waals surface area contributed by atoms with Crippen molar-refractivity contribution in [1.82, 2.24) is 0 Å².